The molecule has 29 heavy (non-hydrogen) atoms. The quantitative estimate of drug-likeness (QED) is 0.623. The Morgan fingerprint density at radius 2 is 1.79 bits per heavy atom. The van der Waals surface area contributed by atoms with Crippen LogP contribution in [0.4, 0.5) is 4.79 Å². The molecule has 0 radical (unpaired) electrons. The number of likely N-dealkylation sites (tertiary alicyclic amines) is 1. The fraction of sp³-hybridized carbons (Fsp3) is 0.360. The average Bonchev–Trinajstić information content (AvgIpc) is 2.75. The van der Waals surface area contributed by atoms with Crippen LogP contribution >= 0.6 is 0 Å². The van der Waals surface area contributed by atoms with Gasteiger partial charge < -0.3 is 9.80 Å². The van der Waals surface area contributed by atoms with E-state index in [2.05, 4.69) is 54.4 Å². The zero-order valence-corrected chi connectivity index (χ0v) is 17.6. The predicted molar refractivity (Wildman–Crippen MR) is 119 cm³/mol. The Balaban J connectivity index is 1.43. The molecule has 1 saturated heterocycles. The minimum absolute atomic E-state index is 0.132. The Morgan fingerprint density at radius 3 is 2.48 bits per heavy atom. The molecule has 0 saturated carbocycles. The van der Waals surface area contributed by atoms with Gasteiger partial charge in [0.25, 0.3) is 0 Å². The van der Waals surface area contributed by atoms with Crippen molar-refractivity contribution in [3.05, 3.63) is 65.9 Å². The van der Waals surface area contributed by atoms with Gasteiger partial charge >= 0.3 is 6.03 Å². The molecule has 150 valence electrons. The van der Waals surface area contributed by atoms with Crippen LogP contribution in [0.1, 0.15) is 24.0 Å². The molecule has 0 atom stereocenters. The second kappa shape index (κ2) is 8.24. The van der Waals surface area contributed by atoms with Gasteiger partial charge in [-0.2, -0.15) is 0 Å². The van der Waals surface area contributed by atoms with Crippen LogP contribution in [0.25, 0.3) is 22.0 Å². The first-order chi connectivity index (χ1) is 14.0. The molecule has 1 aromatic heterocycles. The van der Waals surface area contributed by atoms with Crippen molar-refractivity contribution in [2.75, 3.05) is 27.2 Å². The summed E-state index contributed by atoms with van der Waals surface area (Å²) in [4.78, 5) is 20.3. The van der Waals surface area contributed by atoms with Crippen LogP contribution in [0.5, 0.6) is 0 Å². The zero-order chi connectivity index (χ0) is 20.4. The van der Waals surface area contributed by atoms with Gasteiger partial charge in [-0.1, -0.05) is 42.5 Å². The minimum atomic E-state index is 0.132. The van der Waals surface area contributed by atoms with Gasteiger partial charge in [0, 0.05) is 38.8 Å². The number of carbonyl (C=O) groups excluding carboxylic acids is 1. The number of piperidine rings is 1. The molecule has 2 aromatic carbocycles. The van der Waals surface area contributed by atoms with Gasteiger partial charge in [-0.3, -0.25) is 4.98 Å². The highest BCUT2D eigenvalue weighted by molar-refractivity contribution is 5.88. The normalized spacial score (nSPS) is 14.9. The third-order valence-corrected chi connectivity index (χ3v) is 6.08. The van der Waals surface area contributed by atoms with Crippen molar-refractivity contribution < 1.29 is 4.79 Å². The minimum Gasteiger partial charge on any atom is -0.331 e. The van der Waals surface area contributed by atoms with E-state index in [4.69, 9.17) is 0 Å². The van der Waals surface area contributed by atoms with E-state index in [9.17, 15) is 4.79 Å². The first-order valence-electron chi connectivity index (χ1n) is 10.4. The lowest BCUT2D eigenvalue weighted by Crippen LogP contribution is -2.44. The number of nitrogens with zero attached hydrogens (tertiary/aromatic N) is 3. The Morgan fingerprint density at radius 1 is 1.07 bits per heavy atom. The fourth-order valence-electron chi connectivity index (χ4n) is 4.37. The number of urea groups is 1. The van der Waals surface area contributed by atoms with Crippen molar-refractivity contribution in [1.29, 1.82) is 0 Å². The number of carbonyl (C=O) groups is 1. The molecule has 4 heteroatoms. The summed E-state index contributed by atoms with van der Waals surface area (Å²) < 4.78 is 0. The van der Waals surface area contributed by atoms with Crippen molar-refractivity contribution in [3.8, 4) is 11.1 Å². The summed E-state index contributed by atoms with van der Waals surface area (Å²) in [5, 5.41) is 1.18. The summed E-state index contributed by atoms with van der Waals surface area (Å²) in [6, 6.07) is 17.6. The number of amides is 2. The maximum atomic E-state index is 12.1. The van der Waals surface area contributed by atoms with Crippen LogP contribution in [-0.2, 0) is 6.42 Å². The van der Waals surface area contributed by atoms with E-state index >= 15 is 0 Å². The highest BCUT2D eigenvalue weighted by Gasteiger charge is 2.23. The van der Waals surface area contributed by atoms with E-state index in [0.29, 0.717) is 5.92 Å². The van der Waals surface area contributed by atoms with E-state index in [0.717, 1.165) is 37.9 Å². The Bertz CT molecular complexity index is 1000. The van der Waals surface area contributed by atoms with E-state index in [1.54, 1.807) is 4.90 Å². The summed E-state index contributed by atoms with van der Waals surface area (Å²) in [5.74, 6) is 0.652. The van der Waals surface area contributed by atoms with Crippen LogP contribution in [-0.4, -0.2) is 48.0 Å². The zero-order valence-electron chi connectivity index (χ0n) is 17.6. The second-order valence-electron chi connectivity index (χ2n) is 8.32. The van der Waals surface area contributed by atoms with Gasteiger partial charge in [0.05, 0.1) is 5.52 Å². The van der Waals surface area contributed by atoms with E-state index in [1.807, 2.05) is 31.3 Å². The third-order valence-electron chi connectivity index (χ3n) is 6.08. The Hall–Kier alpha value is -2.88. The van der Waals surface area contributed by atoms with Gasteiger partial charge in [-0.05, 0) is 60.4 Å². The van der Waals surface area contributed by atoms with Crippen LogP contribution in [0.3, 0.4) is 0 Å². The van der Waals surface area contributed by atoms with E-state index < -0.39 is 0 Å². The second-order valence-corrected chi connectivity index (χ2v) is 8.32. The highest BCUT2D eigenvalue weighted by Crippen LogP contribution is 2.29. The maximum Gasteiger partial charge on any atom is 0.319 e. The molecule has 2 amide bonds. The molecule has 3 aromatic rings. The molecular weight excluding hydrogens is 358 g/mol. The molecule has 0 aliphatic carbocycles. The Kier molecular flexibility index (Phi) is 5.52. The van der Waals surface area contributed by atoms with Crippen LogP contribution < -0.4 is 0 Å². The van der Waals surface area contributed by atoms with Gasteiger partial charge in [-0.25, -0.2) is 4.79 Å². The molecule has 1 fully saturated rings. The molecule has 1 aliphatic rings. The molecule has 4 nitrogen and oxygen atoms in total. The lowest BCUT2D eigenvalue weighted by Gasteiger charge is -2.33. The summed E-state index contributed by atoms with van der Waals surface area (Å²) >= 11 is 0. The molecule has 0 unspecified atom stereocenters. The average molecular weight is 388 g/mol. The number of rotatable bonds is 3. The summed E-state index contributed by atoms with van der Waals surface area (Å²) in [5.41, 5.74) is 6.17. The molecule has 0 N–H and O–H groups in total. The highest BCUT2D eigenvalue weighted by atomic mass is 16.2. The van der Waals surface area contributed by atoms with Crippen LogP contribution in [0.15, 0.2) is 54.7 Å². The summed E-state index contributed by atoms with van der Waals surface area (Å²) in [6.45, 7) is 3.88. The standard InChI is InChI=1S/C25H29N3O/c1-18-23(11-10-22-5-4-14-26-24(18)22)21-8-6-19(7-9-21)17-20-12-15-28(16-13-20)25(29)27(2)3/h4-11,14,20H,12-13,15-17H2,1-3H3. The van der Waals surface area contributed by atoms with Gasteiger partial charge in [0.15, 0.2) is 0 Å². The molecular formula is C25H29N3O. The SMILES string of the molecule is Cc1c(-c2ccc(CC3CCN(C(=O)N(C)C)CC3)cc2)ccc2cccnc12. The van der Waals surface area contributed by atoms with Crippen molar-refractivity contribution in [3.63, 3.8) is 0 Å². The van der Waals surface area contributed by atoms with Crippen molar-refractivity contribution in [2.24, 2.45) is 5.92 Å². The monoisotopic (exact) mass is 387 g/mol. The number of fused-ring (bicyclic) bond motifs is 1. The maximum absolute atomic E-state index is 12.1. The first kappa shape index (κ1) is 19.4. The number of aryl methyl sites for hydroxylation is 1. The molecule has 0 spiro atoms. The number of pyridine rings is 1. The number of benzene rings is 2. The summed E-state index contributed by atoms with van der Waals surface area (Å²) in [6.07, 6.45) is 5.11. The number of aromatic nitrogens is 1. The molecule has 4 rings (SSSR count). The third kappa shape index (κ3) is 4.12. The van der Waals surface area contributed by atoms with E-state index in [-0.39, 0.29) is 6.03 Å². The van der Waals surface area contributed by atoms with Crippen LogP contribution in [0.2, 0.25) is 0 Å². The molecule has 2 heterocycles. The van der Waals surface area contributed by atoms with Crippen molar-refractivity contribution in [1.82, 2.24) is 14.8 Å². The largest absolute Gasteiger partial charge is 0.331 e. The lowest BCUT2D eigenvalue weighted by atomic mass is 9.89. The Labute approximate surface area is 173 Å². The molecule has 0 bridgehead atoms. The van der Waals surface area contributed by atoms with Gasteiger partial charge in [-0.15, -0.1) is 0 Å². The van der Waals surface area contributed by atoms with Crippen molar-refractivity contribution >= 4 is 16.9 Å². The predicted octanol–water partition coefficient (Wildman–Crippen LogP) is 5.15. The van der Waals surface area contributed by atoms with E-state index in [1.165, 1.54) is 27.6 Å². The lowest BCUT2D eigenvalue weighted by molar-refractivity contribution is 0.147. The number of hydrogen-bond acceptors (Lipinski definition) is 2. The fourth-order valence-corrected chi connectivity index (χ4v) is 4.37. The van der Waals surface area contributed by atoms with Crippen molar-refractivity contribution in [2.45, 2.75) is 26.2 Å². The smallest absolute Gasteiger partial charge is 0.319 e. The topological polar surface area (TPSA) is 36.4 Å². The number of hydrogen-bond donors (Lipinski definition) is 0. The first-order valence-corrected chi connectivity index (χ1v) is 10.4. The summed E-state index contributed by atoms with van der Waals surface area (Å²) in [7, 11) is 3.65. The van der Waals surface area contributed by atoms with Gasteiger partial charge in [0.1, 0.15) is 0 Å². The van der Waals surface area contributed by atoms with Crippen LogP contribution in [0, 0.1) is 12.8 Å². The van der Waals surface area contributed by atoms with Gasteiger partial charge in [0.2, 0.25) is 0 Å². The molecule has 1 aliphatic heterocycles.